The number of nitrogens with one attached hydrogen (secondary N) is 1. The molecular formula is C27H42ClN7O3S2. The van der Waals surface area contributed by atoms with Gasteiger partial charge >= 0.3 is 0 Å². The molecule has 13 heteroatoms. The molecule has 2 aromatic rings. The van der Waals surface area contributed by atoms with E-state index in [2.05, 4.69) is 47.1 Å². The van der Waals surface area contributed by atoms with E-state index in [0.717, 1.165) is 19.4 Å². The zero-order valence-electron chi connectivity index (χ0n) is 23.7. The fourth-order valence-electron chi connectivity index (χ4n) is 4.20. The topological polar surface area (TPSA) is 161 Å². The molecule has 3 amide bonds. The second-order valence-corrected chi connectivity index (χ2v) is 11.8. The van der Waals surface area contributed by atoms with Crippen LogP contribution in [0.4, 0.5) is 11.4 Å². The largest absolute Gasteiger partial charge is 0.397 e. The number of halogens is 1. The van der Waals surface area contributed by atoms with Crippen molar-refractivity contribution in [3.05, 3.63) is 38.8 Å². The first-order chi connectivity index (χ1) is 18.9. The first-order valence-electron chi connectivity index (χ1n) is 13.1. The summed E-state index contributed by atoms with van der Waals surface area (Å²) >= 11 is 12.0. The fourth-order valence-corrected chi connectivity index (χ4v) is 5.43. The average Bonchev–Trinajstić information content (AvgIpc) is 3.16. The number of hydrogen-bond donors (Lipinski definition) is 4. The van der Waals surface area contributed by atoms with Gasteiger partial charge in [0.1, 0.15) is 0 Å². The highest BCUT2D eigenvalue weighted by molar-refractivity contribution is 7.82. The number of aryl methyl sites for hydroxylation is 2. The fraction of sp³-hybridized carbons (Fsp3) is 0.519. The molecule has 1 aromatic carbocycles. The number of fused-ring (bicyclic) bond motifs is 1. The molecule has 10 nitrogen and oxygen atoms in total. The Morgan fingerprint density at radius 1 is 1.23 bits per heavy atom. The Morgan fingerprint density at radius 3 is 2.40 bits per heavy atom. The van der Waals surface area contributed by atoms with Crippen LogP contribution in [0.3, 0.4) is 0 Å². The third-order valence-electron chi connectivity index (χ3n) is 6.12. The molecule has 0 bridgehead atoms. The lowest BCUT2D eigenvalue weighted by Gasteiger charge is -2.23. The maximum atomic E-state index is 11.4. The number of carbonyl (C=O) groups excluding carboxylic acids is 3. The van der Waals surface area contributed by atoms with Gasteiger partial charge in [0.05, 0.1) is 21.4 Å². The van der Waals surface area contributed by atoms with Crippen LogP contribution in [0.2, 0.25) is 5.02 Å². The van der Waals surface area contributed by atoms with Gasteiger partial charge in [-0.15, -0.1) is 11.3 Å². The second kappa shape index (κ2) is 18.5. The normalized spacial score (nSPS) is 14.7. The van der Waals surface area contributed by atoms with E-state index in [1.54, 1.807) is 17.0 Å². The van der Waals surface area contributed by atoms with Crippen LogP contribution in [0, 0.1) is 12.8 Å². The Kier molecular flexibility index (Phi) is 16.3. The maximum Gasteiger partial charge on any atom is 0.282 e. The number of primary amides is 1. The minimum atomic E-state index is -0.526. The summed E-state index contributed by atoms with van der Waals surface area (Å²) in [7, 11) is 5.87. The van der Waals surface area contributed by atoms with Crippen LogP contribution in [0.15, 0.2) is 18.2 Å². The molecule has 1 aliphatic heterocycles. The van der Waals surface area contributed by atoms with Crippen molar-refractivity contribution >= 4 is 69.7 Å². The summed E-state index contributed by atoms with van der Waals surface area (Å²) in [6.45, 7) is 4.40. The van der Waals surface area contributed by atoms with E-state index in [-0.39, 0.29) is 11.4 Å². The Labute approximate surface area is 251 Å². The summed E-state index contributed by atoms with van der Waals surface area (Å²) in [5.41, 5.74) is 17.0. The highest BCUT2D eigenvalue weighted by atomic mass is 35.5. The van der Waals surface area contributed by atoms with E-state index in [1.165, 1.54) is 60.3 Å². The number of thiazole rings is 1. The third-order valence-corrected chi connectivity index (χ3v) is 7.65. The Balaban J connectivity index is 0.000000287. The predicted molar refractivity (Wildman–Crippen MR) is 168 cm³/mol. The molecule has 1 fully saturated rings. The van der Waals surface area contributed by atoms with Crippen molar-refractivity contribution in [2.45, 2.75) is 58.4 Å². The quantitative estimate of drug-likeness (QED) is 0.227. The van der Waals surface area contributed by atoms with Gasteiger partial charge in [0.2, 0.25) is 12.3 Å². The molecular weight excluding hydrogens is 570 g/mol. The smallest absolute Gasteiger partial charge is 0.282 e. The molecule has 2 aliphatic rings. The van der Waals surface area contributed by atoms with E-state index < -0.39 is 5.91 Å². The van der Waals surface area contributed by atoms with Crippen LogP contribution in [0.5, 0.6) is 0 Å². The zero-order chi connectivity index (χ0) is 30.2. The van der Waals surface area contributed by atoms with Crippen molar-refractivity contribution in [3.8, 4) is 0 Å². The third kappa shape index (κ3) is 13.0. The highest BCUT2D eigenvalue weighted by Gasteiger charge is 2.21. The van der Waals surface area contributed by atoms with E-state index in [4.69, 9.17) is 27.9 Å². The van der Waals surface area contributed by atoms with Crippen molar-refractivity contribution in [2.75, 3.05) is 38.7 Å². The lowest BCUT2D eigenvalue weighted by molar-refractivity contribution is -0.133. The average molecular weight is 612 g/mol. The Hall–Kier alpha value is -2.80. The number of nitrogens with zero attached hydrogens (tertiary/aromatic N) is 3. The van der Waals surface area contributed by atoms with Crippen molar-refractivity contribution in [2.24, 2.45) is 17.4 Å². The number of benzene rings is 1. The summed E-state index contributed by atoms with van der Waals surface area (Å²) < 4.78 is 0. The van der Waals surface area contributed by atoms with Gasteiger partial charge in [-0.1, -0.05) is 43.1 Å². The zero-order valence-corrected chi connectivity index (χ0v) is 26.1. The number of rotatable bonds is 2. The minimum Gasteiger partial charge on any atom is -0.397 e. The molecule has 0 saturated heterocycles. The number of hydrogen-bond acceptors (Lipinski definition) is 8. The first-order valence-corrected chi connectivity index (χ1v) is 14.7. The molecule has 1 aromatic heterocycles. The molecule has 0 unspecified atom stereocenters. The van der Waals surface area contributed by atoms with Crippen LogP contribution in [0.25, 0.3) is 0 Å². The number of anilines is 2. The van der Waals surface area contributed by atoms with Gasteiger partial charge in [-0.25, -0.2) is 4.98 Å². The van der Waals surface area contributed by atoms with E-state index in [0.29, 0.717) is 28.2 Å². The molecule has 0 atom stereocenters. The van der Waals surface area contributed by atoms with Crippen molar-refractivity contribution in [1.29, 1.82) is 0 Å². The van der Waals surface area contributed by atoms with Gasteiger partial charge in [-0.05, 0) is 64.4 Å². The molecule has 7 N–H and O–H groups in total. The van der Waals surface area contributed by atoms with Gasteiger partial charge in [-0.2, -0.15) is 0 Å². The lowest BCUT2D eigenvalue weighted by Crippen LogP contribution is -2.30. The monoisotopic (exact) mass is 611 g/mol. The van der Waals surface area contributed by atoms with Crippen molar-refractivity contribution in [1.82, 2.24) is 14.8 Å². The van der Waals surface area contributed by atoms with Crippen LogP contribution in [-0.4, -0.2) is 65.7 Å². The summed E-state index contributed by atoms with van der Waals surface area (Å²) in [6, 6.07) is 4.71. The minimum absolute atomic E-state index is 0.224. The standard InChI is InChI=1S/C9H14N2S.C9H17NO.C8H8ClN3OS.CH3NO/c1-7-10-8-4-3-5-11(2)6-9(8)12-7;1-10(2)9(11)8-6-4-3-5-7-8;9-5-2-1-4(3-6(5)10)12-8(13)7(11)14;2-1-3/h3-6H2,1-2H3;8H,3-7H2,1-2H3;1-3H,10H2,(H2,11,14)(H,12,13);1H,(H2,2,3). The Morgan fingerprint density at radius 2 is 1.85 bits per heavy atom. The molecule has 0 radical (unpaired) electrons. The number of amides is 3. The van der Waals surface area contributed by atoms with Crippen LogP contribution < -0.4 is 22.5 Å². The van der Waals surface area contributed by atoms with E-state index >= 15 is 0 Å². The van der Waals surface area contributed by atoms with Crippen molar-refractivity contribution in [3.63, 3.8) is 0 Å². The van der Waals surface area contributed by atoms with Gasteiger partial charge in [0.25, 0.3) is 5.91 Å². The highest BCUT2D eigenvalue weighted by Crippen LogP contribution is 2.25. The lowest BCUT2D eigenvalue weighted by atomic mass is 9.88. The van der Waals surface area contributed by atoms with Crippen LogP contribution in [-0.2, 0) is 27.3 Å². The Bertz CT molecular complexity index is 1120. The molecule has 1 saturated carbocycles. The molecule has 40 heavy (non-hydrogen) atoms. The number of nitrogens with two attached hydrogens (primary N) is 3. The first kappa shape index (κ1) is 35.2. The van der Waals surface area contributed by atoms with Crippen LogP contribution in [0.1, 0.15) is 54.1 Å². The summed E-state index contributed by atoms with van der Waals surface area (Å²) in [4.78, 5) is 41.0. The molecule has 1 aliphatic carbocycles. The summed E-state index contributed by atoms with van der Waals surface area (Å²) in [5, 5.41) is 4.11. The molecule has 4 rings (SSSR count). The van der Waals surface area contributed by atoms with Gasteiger partial charge in [-0.3, -0.25) is 14.4 Å². The number of nitrogen functional groups attached to an aromatic ring is 1. The number of aromatic nitrogens is 1. The summed E-state index contributed by atoms with van der Waals surface area (Å²) in [6.07, 6.45) is 8.69. The molecule has 222 valence electrons. The number of carbonyl (C=O) groups is 3. The van der Waals surface area contributed by atoms with Crippen molar-refractivity contribution < 1.29 is 14.4 Å². The summed E-state index contributed by atoms with van der Waals surface area (Å²) in [5.74, 6) is 0.130. The maximum absolute atomic E-state index is 11.4. The van der Waals surface area contributed by atoms with E-state index in [1.807, 2.05) is 25.4 Å². The van der Waals surface area contributed by atoms with Crippen LogP contribution >= 0.6 is 35.2 Å². The SMILES string of the molecule is CN(C)C(=O)C1CCCCC1.Cc1nc2c(s1)CN(C)CCC2.NC(=S)C(=O)Nc1ccc(Cl)c(N)c1.NC=O. The molecule has 2 heterocycles. The van der Waals surface area contributed by atoms with Gasteiger partial charge in [0.15, 0.2) is 4.99 Å². The van der Waals surface area contributed by atoms with E-state index in [9.17, 15) is 9.59 Å². The number of thiocarbonyl (C=S) groups is 1. The van der Waals surface area contributed by atoms with Gasteiger partial charge in [0, 0.05) is 37.1 Å². The molecule has 0 spiro atoms. The predicted octanol–water partition coefficient (Wildman–Crippen LogP) is 3.73. The second-order valence-electron chi connectivity index (χ2n) is 9.70. The van der Waals surface area contributed by atoms with Gasteiger partial charge < -0.3 is 32.3 Å².